The second-order valence-corrected chi connectivity index (χ2v) is 5.60. The Bertz CT molecular complexity index is 794. The summed E-state index contributed by atoms with van der Waals surface area (Å²) in [5, 5.41) is 3.35. The molecule has 1 heterocycles. The number of hydrogen-bond donors (Lipinski definition) is 1. The fraction of sp³-hybridized carbons (Fsp3) is 0.188. The lowest BCUT2D eigenvalue weighted by atomic mass is 10.0. The van der Waals surface area contributed by atoms with Crippen LogP contribution in [0.2, 0.25) is 0 Å². The Morgan fingerprint density at radius 3 is 2.53 bits per heavy atom. The van der Waals surface area contributed by atoms with Gasteiger partial charge in [0.2, 0.25) is 0 Å². The zero-order valence-corrected chi connectivity index (χ0v) is 12.6. The first-order valence-corrected chi connectivity index (χ1v) is 7.18. The van der Waals surface area contributed by atoms with Crippen LogP contribution in [-0.2, 0) is 6.42 Å². The molecule has 0 fully saturated rings. The Morgan fingerprint density at radius 2 is 1.84 bits per heavy atom. The Labute approximate surface area is 120 Å². The Morgan fingerprint density at radius 1 is 1.16 bits per heavy atom. The third-order valence-electron chi connectivity index (χ3n) is 3.65. The van der Waals surface area contributed by atoms with Crippen LogP contribution in [0.4, 0.5) is 5.69 Å². The van der Waals surface area contributed by atoms with Crippen molar-refractivity contribution in [2.45, 2.75) is 20.3 Å². The number of hydrogen-bond acceptors (Lipinski definition) is 2. The minimum Gasteiger partial charge on any atom is -0.398 e. The first kappa shape index (κ1) is 12.4. The summed E-state index contributed by atoms with van der Waals surface area (Å²) >= 11 is 3.63. The summed E-state index contributed by atoms with van der Waals surface area (Å²) < 4.78 is 1.06. The van der Waals surface area contributed by atoms with Crippen LogP contribution in [0.5, 0.6) is 0 Å². The quantitative estimate of drug-likeness (QED) is 0.666. The van der Waals surface area contributed by atoms with Gasteiger partial charge in [0.25, 0.3) is 0 Å². The van der Waals surface area contributed by atoms with Crippen molar-refractivity contribution in [2.75, 3.05) is 5.73 Å². The lowest BCUT2D eigenvalue weighted by Crippen LogP contribution is -2.01. The molecule has 0 atom stereocenters. The Balaban J connectivity index is 2.58. The van der Waals surface area contributed by atoms with Crippen molar-refractivity contribution >= 4 is 43.3 Å². The molecule has 96 valence electrons. The van der Waals surface area contributed by atoms with Crippen LogP contribution in [0.25, 0.3) is 21.7 Å². The van der Waals surface area contributed by atoms with Crippen molar-refractivity contribution in [3.05, 3.63) is 46.1 Å². The number of anilines is 1. The molecule has 0 amide bonds. The van der Waals surface area contributed by atoms with E-state index in [9.17, 15) is 0 Å². The molecule has 3 heteroatoms. The maximum absolute atomic E-state index is 6.33. The van der Waals surface area contributed by atoms with Crippen LogP contribution in [0.15, 0.2) is 34.8 Å². The highest BCUT2D eigenvalue weighted by Gasteiger charge is 2.12. The van der Waals surface area contributed by atoms with Crippen LogP contribution in [0.1, 0.15) is 18.2 Å². The lowest BCUT2D eigenvalue weighted by molar-refractivity contribution is 1.07. The van der Waals surface area contributed by atoms with Gasteiger partial charge >= 0.3 is 0 Å². The highest BCUT2D eigenvalue weighted by atomic mass is 79.9. The molecule has 19 heavy (non-hydrogen) atoms. The van der Waals surface area contributed by atoms with Crippen molar-refractivity contribution in [1.82, 2.24) is 4.98 Å². The van der Waals surface area contributed by atoms with E-state index in [0.717, 1.165) is 44.1 Å². The number of nitrogen functional groups attached to an aromatic ring is 1. The molecule has 0 radical (unpaired) electrons. The predicted octanol–water partition coefficient (Wildman–Crippen LogP) is 4.60. The second-order valence-electron chi connectivity index (χ2n) is 4.74. The van der Waals surface area contributed by atoms with E-state index in [1.54, 1.807) is 0 Å². The first-order valence-electron chi connectivity index (χ1n) is 6.39. The highest BCUT2D eigenvalue weighted by molar-refractivity contribution is 9.10. The average Bonchev–Trinajstić information content (AvgIpc) is 2.41. The van der Waals surface area contributed by atoms with Crippen LogP contribution < -0.4 is 5.73 Å². The molecule has 2 nitrogen and oxygen atoms in total. The highest BCUT2D eigenvalue weighted by Crippen LogP contribution is 2.35. The minimum absolute atomic E-state index is 0.858. The Hall–Kier alpha value is -1.61. The summed E-state index contributed by atoms with van der Waals surface area (Å²) in [4.78, 5) is 4.78. The smallest absolute Gasteiger partial charge is 0.0805 e. The lowest BCUT2D eigenvalue weighted by Gasteiger charge is -2.13. The molecule has 1 aromatic heterocycles. The van der Waals surface area contributed by atoms with Gasteiger partial charge in [0.05, 0.1) is 5.52 Å². The third kappa shape index (κ3) is 1.80. The van der Waals surface area contributed by atoms with E-state index < -0.39 is 0 Å². The summed E-state index contributed by atoms with van der Waals surface area (Å²) in [6.45, 7) is 4.15. The summed E-state index contributed by atoms with van der Waals surface area (Å²) in [5.74, 6) is 0. The molecular weight excluding hydrogens is 300 g/mol. The summed E-state index contributed by atoms with van der Waals surface area (Å²) in [6, 6.07) is 10.4. The summed E-state index contributed by atoms with van der Waals surface area (Å²) in [5.41, 5.74) is 10.4. The molecule has 0 saturated heterocycles. The molecule has 0 aliphatic carbocycles. The number of pyridine rings is 1. The normalized spacial score (nSPS) is 11.3. The standard InChI is InChI=1S/C16H15BrN2/c1-3-10-9(2)19-16-12-7-5-4-6-11(12)14(17)8-13(16)15(10)18/h4-8H,3H2,1-2H3,(H2,18,19). The number of halogens is 1. The Kier molecular flexibility index (Phi) is 2.94. The number of aryl methyl sites for hydroxylation is 1. The van der Waals surface area contributed by atoms with Gasteiger partial charge in [-0.15, -0.1) is 0 Å². The van der Waals surface area contributed by atoms with Crippen molar-refractivity contribution in [1.29, 1.82) is 0 Å². The van der Waals surface area contributed by atoms with Gasteiger partial charge in [-0.25, -0.2) is 0 Å². The third-order valence-corrected chi connectivity index (χ3v) is 4.31. The summed E-state index contributed by atoms with van der Waals surface area (Å²) in [6.07, 6.45) is 0.908. The molecule has 3 aromatic rings. The summed E-state index contributed by atoms with van der Waals surface area (Å²) in [7, 11) is 0. The number of aromatic nitrogens is 1. The van der Waals surface area contributed by atoms with Crippen molar-refractivity contribution in [3.8, 4) is 0 Å². The van der Waals surface area contributed by atoms with Crippen molar-refractivity contribution < 1.29 is 0 Å². The van der Waals surface area contributed by atoms with Gasteiger partial charge < -0.3 is 5.73 Å². The number of benzene rings is 2. The van der Waals surface area contributed by atoms with Gasteiger partial charge in [-0.3, -0.25) is 4.98 Å². The largest absolute Gasteiger partial charge is 0.398 e. The molecule has 0 unspecified atom stereocenters. The maximum atomic E-state index is 6.33. The van der Waals surface area contributed by atoms with Crippen LogP contribution >= 0.6 is 15.9 Å². The molecule has 2 N–H and O–H groups in total. The van der Waals surface area contributed by atoms with E-state index in [1.807, 2.05) is 19.1 Å². The van der Waals surface area contributed by atoms with Crippen molar-refractivity contribution in [2.24, 2.45) is 0 Å². The van der Waals surface area contributed by atoms with Gasteiger partial charge in [-0.05, 0) is 30.4 Å². The van der Waals surface area contributed by atoms with E-state index in [-0.39, 0.29) is 0 Å². The minimum atomic E-state index is 0.858. The van der Waals surface area contributed by atoms with Gasteiger partial charge in [0.1, 0.15) is 0 Å². The number of nitrogens with two attached hydrogens (primary N) is 1. The van der Waals surface area contributed by atoms with E-state index >= 15 is 0 Å². The molecule has 0 saturated carbocycles. The molecule has 3 rings (SSSR count). The van der Waals surface area contributed by atoms with Gasteiger partial charge in [0.15, 0.2) is 0 Å². The molecule has 0 aliphatic rings. The van der Waals surface area contributed by atoms with Gasteiger partial charge in [0, 0.05) is 26.6 Å². The first-order chi connectivity index (χ1) is 9.13. The number of fused-ring (bicyclic) bond motifs is 3. The molecule has 0 spiro atoms. The van der Waals surface area contributed by atoms with Crippen molar-refractivity contribution in [3.63, 3.8) is 0 Å². The maximum Gasteiger partial charge on any atom is 0.0805 e. The van der Waals surface area contributed by atoms with Gasteiger partial charge in [-0.2, -0.15) is 0 Å². The monoisotopic (exact) mass is 314 g/mol. The molecular formula is C16H15BrN2. The SMILES string of the molecule is CCc1c(C)nc2c(cc(Br)c3ccccc32)c1N. The number of rotatable bonds is 1. The fourth-order valence-corrected chi connectivity index (χ4v) is 3.26. The van der Waals surface area contributed by atoms with E-state index in [4.69, 9.17) is 10.7 Å². The molecule has 2 aromatic carbocycles. The fourth-order valence-electron chi connectivity index (χ4n) is 2.68. The van der Waals surface area contributed by atoms with Crippen LogP contribution in [-0.4, -0.2) is 4.98 Å². The van der Waals surface area contributed by atoms with Crippen LogP contribution in [0.3, 0.4) is 0 Å². The van der Waals surface area contributed by atoms with E-state index in [2.05, 4.69) is 41.1 Å². The van der Waals surface area contributed by atoms with Crippen LogP contribution in [0, 0.1) is 6.92 Å². The number of nitrogens with zero attached hydrogens (tertiary/aromatic N) is 1. The van der Waals surface area contributed by atoms with E-state index in [0.29, 0.717) is 0 Å². The molecule has 0 bridgehead atoms. The zero-order valence-electron chi connectivity index (χ0n) is 11.0. The predicted molar refractivity (Wildman–Crippen MR) is 85.5 cm³/mol. The topological polar surface area (TPSA) is 38.9 Å². The van der Waals surface area contributed by atoms with E-state index in [1.165, 1.54) is 5.39 Å². The van der Waals surface area contributed by atoms with Gasteiger partial charge in [-0.1, -0.05) is 47.1 Å². The molecule has 0 aliphatic heterocycles. The second kappa shape index (κ2) is 4.49. The average molecular weight is 315 g/mol. The zero-order chi connectivity index (χ0) is 13.6.